The second-order valence-corrected chi connectivity index (χ2v) is 3.93. The molecule has 1 amide bonds. The van der Waals surface area contributed by atoms with Crippen LogP contribution in [0.25, 0.3) is 0 Å². The van der Waals surface area contributed by atoms with Gasteiger partial charge in [-0.1, -0.05) is 13.8 Å². The molecule has 18 heavy (non-hydrogen) atoms. The molecule has 0 atom stereocenters. The standard InChI is InChI=1S/C11H17N3O2.C2H6/c1-7-9(6-12-8(2)15)10(16)5-11(13-7)14(3)4;1-2/h5H,6H2,1-4H3,(H,12,15)(H,13,16);1-2H3. The molecule has 5 nitrogen and oxygen atoms in total. The van der Waals surface area contributed by atoms with Crippen molar-refractivity contribution in [3.05, 3.63) is 27.5 Å². The van der Waals surface area contributed by atoms with Crippen LogP contribution < -0.4 is 15.6 Å². The summed E-state index contributed by atoms with van der Waals surface area (Å²) in [5.74, 6) is 0.615. The molecule has 1 aromatic heterocycles. The van der Waals surface area contributed by atoms with Gasteiger partial charge in [0.1, 0.15) is 5.82 Å². The Bertz CT molecular complexity index is 450. The topological polar surface area (TPSA) is 65.2 Å². The molecule has 0 aliphatic rings. The Hall–Kier alpha value is -1.78. The molecule has 0 fully saturated rings. The van der Waals surface area contributed by atoms with Crippen LogP contribution in [0.3, 0.4) is 0 Å². The molecule has 0 saturated heterocycles. The average molecular weight is 253 g/mol. The lowest BCUT2D eigenvalue weighted by atomic mass is 10.2. The minimum absolute atomic E-state index is 0.0614. The lowest BCUT2D eigenvalue weighted by Crippen LogP contribution is -2.26. The van der Waals surface area contributed by atoms with E-state index < -0.39 is 0 Å². The SMILES string of the molecule is CC.CC(=O)NCc1c(C)[nH]c(N(C)C)cc1=O. The third kappa shape index (κ3) is 4.61. The lowest BCUT2D eigenvalue weighted by Gasteiger charge is -2.14. The van der Waals surface area contributed by atoms with E-state index in [-0.39, 0.29) is 17.9 Å². The Labute approximate surface area is 108 Å². The van der Waals surface area contributed by atoms with E-state index in [4.69, 9.17) is 0 Å². The number of amides is 1. The average Bonchev–Trinajstić information content (AvgIpc) is 2.29. The van der Waals surface area contributed by atoms with Gasteiger partial charge in [0.25, 0.3) is 0 Å². The van der Waals surface area contributed by atoms with Gasteiger partial charge in [-0.25, -0.2) is 0 Å². The zero-order valence-electron chi connectivity index (χ0n) is 12.0. The summed E-state index contributed by atoms with van der Waals surface area (Å²) in [4.78, 5) is 27.5. The molecular weight excluding hydrogens is 230 g/mol. The van der Waals surface area contributed by atoms with Crippen molar-refractivity contribution in [2.75, 3.05) is 19.0 Å². The van der Waals surface area contributed by atoms with Crippen molar-refractivity contribution in [3.63, 3.8) is 0 Å². The van der Waals surface area contributed by atoms with E-state index in [0.29, 0.717) is 5.56 Å². The van der Waals surface area contributed by atoms with Crippen LogP contribution in [0.15, 0.2) is 10.9 Å². The van der Waals surface area contributed by atoms with Crippen LogP contribution >= 0.6 is 0 Å². The second kappa shape index (κ2) is 7.53. The first-order valence-corrected chi connectivity index (χ1v) is 6.06. The number of aromatic nitrogens is 1. The lowest BCUT2D eigenvalue weighted by molar-refractivity contribution is -0.119. The molecule has 1 aromatic rings. The van der Waals surface area contributed by atoms with E-state index in [1.54, 1.807) is 0 Å². The van der Waals surface area contributed by atoms with Gasteiger partial charge in [-0.3, -0.25) is 9.59 Å². The zero-order chi connectivity index (χ0) is 14.3. The van der Waals surface area contributed by atoms with Crippen LogP contribution in [0, 0.1) is 6.92 Å². The van der Waals surface area contributed by atoms with Crippen LogP contribution in [0.1, 0.15) is 32.0 Å². The van der Waals surface area contributed by atoms with E-state index >= 15 is 0 Å². The third-order valence-corrected chi connectivity index (χ3v) is 2.33. The summed E-state index contributed by atoms with van der Waals surface area (Å²) in [5, 5.41) is 2.62. The van der Waals surface area contributed by atoms with Crippen molar-refractivity contribution in [1.29, 1.82) is 0 Å². The van der Waals surface area contributed by atoms with Crippen LogP contribution in [0.2, 0.25) is 0 Å². The number of pyridine rings is 1. The van der Waals surface area contributed by atoms with Gasteiger partial charge in [-0.15, -0.1) is 0 Å². The van der Waals surface area contributed by atoms with Crippen molar-refractivity contribution in [3.8, 4) is 0 Å². The van der Waals surface area contributed by atoms with Crippen LogP contribution in [-0.2, 0) is 11.3 Å². The quantitative estimate of drug-likeness (QED) is 0.856. The molecular formula is C13H23N3O2. The maximum Gasteiger partial charge on any atom is 0.217 e. The number of nitrogens with zero attached hydrogens (tertiary/aromatic N) is 1. The Morgan fingerprint density at radius 3 is 2.33 bits per heavy atom. The van der Waals surface area contributed by atoms with Gasteiger partial charge in [-0.05, 0) is 6.92 Å². The van der Waals surface area contributed by atoms with Crippen molar-refractivity contribution in [2.24, 2.45) is 0 Å². The zero-order valence-corrected chi connectivity index (χ0v) is 12.0. The molecule has 1 rings (SSSR count). The van der Waals surface area contributed by atoms with Crippen molar-refractivity contribution >= 4 is 11.7 Å². The Kier molecular flexibility index (Phi) is 6.78. The first kappa shape index (κ1) is 16.2. The molecule has 0 spiro atoms. The highest BCUT2D eigenvalue weighted by atomic mass is 16.1. The van der Waals surface area contributed by atoms with Gasteiger partial charge in [0, 0.05) is 44.9 Å². The number of nitrogens with one attached hydrogen (secondary N) is 2. The summed E-state index contributed by atoms with van der Waals surface area (Å²) in [6.45, 7) is 7.52. The molecule has 1 heterocycles. The number of aromatic amines is 1. The predicted octanol–water partition coefficient (Wildman–Crippen LogP) is 1.41. The Morgan fingerprint density at radius 2 is 1.94 bits per heavy atom. The van der Waals surface area contributed by atoms with Crippen molar-refractivity contribution in [2.45, 2.75) is 34.2 Å². The van der Waals surface area contributed by atoms with Gasteiger partial charge in [0.2, 0.25) is 5.91 Å². The monoisotopic (exact) mass is 253 g/mol. The fraction of sp³-hybridized carbons (Fsp3) is 0.538. The number of carbonyl (C=O) groups is 1. The number of hydrogen-bond donors (Lipinski definition) is 2. The summed E-state index contributed by atoms with van der Waals surface area (Å²) in [6.07, 6.45) is 0. The van der Waals surface area contributed by atoms with Crippen molar-refractivity contribution < 1.29 is 4.79 Å². The minimum atomic E-state index is -0.143. The predicted molar refractivity (Wildman–Crippen MR) is 75.0 cm³/mol. The number of carbonyl (C=O) groups excluding carboxylic acids is 1. The second-order valence-electron chi connectivity index (χ2n) is 3.93. The molecule has 0 radical (unpaired) electrons. The van der Waals surface area contributed by atoms with Crippen LogP contribution in [0.4, 0.5) is 5.82 Å². The number of anilines is 1. The Balaban J connectivity index is 0.00000137. The molecule has 0 bridgehead atoms. The summed E-state index contributed by atoms with van der Waals surface area (Å²) in [5.41, 5.74) is 1.32. The number of rotatable bonds is 3. The highest BCUT2D eigenvalue weighted by Gasteiger charge is 2.07. The fourth-order valence-electron chi connectivity index (χ4n) is 1.37. The Morgan fingerprint density at radius 1 is 1.39 bits per heavy atom. The van der Waals surface area contributed by atoms with E-state index in [1.807, 2.05) is 39.8 Å². The fourth-order valence-corrected chi connectivity index (χ4v) is 1.37. The normalized spacial score (nSPS) is 9.22. The summed E-state index contributed by atoms with van der Waals surface area (Å²) < 4.78 is 0. The molecule has 2 N–H and O–H groups in total. The molecule has 0 aliphatic heterocycles. The van der Waals surface area contributed by atoms with Crippen LogP contribution in [0.5, 0.6) is 0 Å². The summed E-state index contributed by atoms with van der Waals surface area (Å²) >= 11 is 0. The number of H-pyrrole nitrogens is 1. The molecule has 5 heteroatoms. The van der Waals surface area contributed by atoms with Crippen LogP contribution in [-0.4, -0.2) is 25.0 Å². The maximum absolute atomic E-state index is 11.8. The van der Waals surface area contributed by atoms with Gasteiger partial charge in [-0.2, -0.15) is 0 Å². The van der Waals surface area contributed by atoms with Gasteiger partial charge in [0.05, 0.1) is 0 Å². The molecule has 102 valence electrons. The third-order valence-electron chi connectivity index (χ3n) is 2.33. The smallest absolute Gasteiger partial charge is 0.217 e. The van der Waals surface area contributed by atoms with Gasteiger partial charge < -0.3 is 15.2 Å². The van der Waals surface area contributed by atoms with E-state index in [9.17, 15) is 9.59 Å². The number of aryl methyl sites for hydroxylation is 1. The molecule has 0 saturated carbocycles. The highest BCUT2D eigenvalue weighted by molar-refractivity contribution is 5.72. The minimum Gasteiger partial charge on any atom is -0.364 e. The first-order chi connectivity index (χ1) is 8.41. The van der Waals surface area contributed by atoms with E-state index in [1.165, 1.54) is 13.0 Å². The highest BCUT2D eigenvalue weighted by Crippen LogP contribution is 2.07. The summed E-state index contributed by atoms with van der Waals surface area (Å²) in [7, 11) is 3.72. The van der Waals surface area contributed by atoms with E-state index in [2.05, 4.69) is 10.3 Å². The molecule has 0 aromatic carbocycles. The maximum atomic E-state index is 11.8. The largest absolute Gasteiger partial charge is 0.364 e. The first-order valence-electron chi connectivity index (χ1n) is 6.06. The van der Waals surface area contributed by atoms with E-state index in [0.717, 1.165) is 11.5 Å². The summed E-state index contributed by atoms with van der Waals surface area (Å²) in [6, 6.07) is 1.53. The van der Waals surface area contributed by atoms with Crippen molar-refractivity contribution in [1.82, 2.24) is 10.3 Å². The number of hydrogen-bond acceptors (Lipinski definition) is 3. The van der Waals surface area contributed by atoms with Gasteiger partial charge in [0.15, 0.2) is 5.43 Å². The molecule has 0 aliphatic carbocycles. The molecule has 0 unspecified atom stereocenters. The van der Waals surface area contributed by atoms with Gasteiger partial charge >= 0.3 is 0 Å².